The van der Waals surface area contributed by atoms with Gasteiger partial charge in [-0.3, -0.25) is 4.79 Å². The minimum atomic E-state index is 0.0236. The van der Waals surface area contributed by atoms with Crippen LogP contribution < -0.4 is 11.1 Å². The highest BCUT2D eigenvalue weighted by Crippen LogP contribution is 2.32. The summed E-state index contributed by atoms with van der Waals surface area (Å²) >= 11 is 1.53. The normalized spacial score (nSPS) is 17.5. The van der Waals surface area contributed by atoms with Gasteiger partial charge in [-0.15, -0.1) is 11.3 Å². The summed E-state index contributed by atoms with van der Waals surface area (Å²) < 4.78 is 0. The highest BCUT2D eigenvalue weighted by Gasteiger charge is 2.31. The van der Waals surface area contributed by atoms with Gasteiger partial charge in [0.25, 0.3) is 5.91 Å². The van der Waals surface area contributed by atoms with Gasteiger partial charge < -0.3 is 11.1 Å². The largest absolute Gasteiger partial charge is 0.347 e. The summed E-state index contributed by atoms with van der Waals surface area (Å²) in [7, 11) is 0. The molecule has 1 fully saturated rings. The molecule has 1 aromatic heterocycles. The van der Waals surface area contributed by atoms with Gasteiger partial charge in [0.2, 0.25) is 0 Å². The van der Waals surface area contributed by atoms with E-state index in [0.29, 0.717) is 12.5 Å². The van der Waals surface area contributed by atoms with Crippen molar-refractivity contribution in [2.45, 2.75) is 25.8 Å². The first-order valence-electron chi connectivity index (χ1n) is 5.28. The highest BCUT2D eigenvalue weighted by molar-refractivity contribution is 7.13. The Morgan fingerprint density at radius 2 is 2.40 bits per heavy atom. The van der Waals surface area contributed by atoms with Crippen molar-refractivity contribution in [2.75, 3.05) is 6.54 Å². The molecule has 1 unspecified atom stereocenters. The summed E-state index contributed by atoms with van der Waals surface area (Å²) in [6.07, 6.45) is 2.40. The van der Waals surface area contributed by atoms with Crippen LogP contribution in [0, 0.1) is 12.8 Å². The van der Waals surface area contributed by atoms with Crippen molar-refractivity contribution in [3.8, 4) is 0 Å². The number of thiophene rings is 1. The molecule has 1 heterocycles. The van der Waals surface area contributed by atoms with Crippen molar-refractivity contribution >= 4 is 17.2 Å². The molecule has 15 heavy (non-hydrogen) atoms. The second-order valence-electron chi connectivity index (χ2n) is 4.06. The molecule has 0 spiro atoms. The summed E-state index contributed by atoms with van der Waals surface area (Å²) in [6, 6.07) is 4.00. The van der Waals surface area contributed by atoms with Gasteiger partial charge in [-0.1, -0.05) is 0 Å². The van der Waals surface area contributed by atoms with Crippen molar-refractivity contribution in [3.63, 3.8) is 0 Å². The lowest BCUT2D eigenvalue weighted by Crippen LogP contribution is -2.41. The Bertz CT molecular complexity index is 357. The summed E-state index contributed by atoms with van der Waals surface area (Å²) in [5.41, 5.74) is 5.63. The maximum absolute atomic E-state index is 11.8. The van der Waals surface area contributed by atoms with Crippen LogP contribution in [0.4, 0.5) is 0 Å². The number of amides is 1. The Balaban J connectivity index is 1.96. The molecule has 1 aromatic rings. The number of nitrogens with two attached hydrogens (primary N) is 1. The van der Waals surface area contributed by atoms with Crippen molar-refractivity contribution in [3.05, 3.63) is 21.9 Å². The number of aryl methyl sites for hydroxylation is 1. The Hall–Kier alpha value is -0.870. The quantitative estimate of drug-likeness (QED) is 0.814. The van der Waals surface area contributed by atoms with Crippen LogP contribution in [0.3, 0.4) is 0 Å². The van der Waals surface area contributed by atoms with Crippen LogP contribution >= 0.6 is 11.3 Å². The molecule has 1 aliphatic rings. The molecule has 1 atom stereocenters. The first-order valence-corrected chi connectivity index (χ1v) is 6.09. The number of hydrogen-bond acceptors (Lipinski definition) is 3. The summed E-state index contributed by atoms with van der Waals surface area (Å²) in [5.74, 6) is 0.635. The van der Waals surface area contributed by atoms with Gasteiger partial charge in [0.15, 0.2) is 0 Å². The van der Waals surface area contributed by atoms with E-state index in [1.165, 1.54) is 24.2 Å². The van der Waals surface area contributed by atoms with E-state index in [0.717, 1.165) is 9.75 Å². The summed E-state index contributed by atoms with van der Waals surface area (Å²) in [4.78, 5) is 13.8. The van der Waals surface area contributed by atoms with Crippen LogP contribution in [0.1, 0.15) is 27.4 Å². The summed E-state index contributed by atoms with van der Waals surface area (Å²) in [5, 5.41) is 3.00. The second kappa shape index (κ2) is 4.33. The molecule has 3 nitrogen and oxygen atoms in total. The van der Waals surface area contributed by atoms with Gasteiger partial charge in [-0.25, -0.2) is 0 Å². The molecule has 4 heteroatoms. The van der Waals surface area contributed by atoms with Crippen molar-refractivity contribution in [1.82, 2.24) is 5.32 Å². The Morgan fingerprint density at radius 1 is 1.67 bits per heavy atom. The van der Waals surface area contributed by atoms with Crippen LogP contribution in [-0.2, 0) is 0 Å². The predicted octanol–water partition coefficient (Wildman–Crippen LogP) is 1.52. The van der Waals surface area contributed by atoms with E-state index in [1.807, 2.05) is 19.1 Å². The van der Waals surface area contributed by atoms with Gasteiger partial charge in [-0.05, 0) is 37.8 Å². The predicted molar refractivity (Wildman–Crippen MR) is 62.1 cm³/mol. The third-order valence-electron chi connectivity index (χ3n) is 2.73. The van der Waals surface area contributed by atoms with Gasteiger partial charge in [0, 0.05) is 17.5 Å². The lowest BCUT2D eigenvalue weighted by molar-refractivity contribution is 0.0937. The zero-order valence-corrected chi connectivity index (χ0v) is 9.64. The maximum Gasteiger partial charge on any atom is 0.261 e. The van der Waals surface area contributed by atoms with Crippen molar-refractivity contribution in [2.24, 2.45) is 11.7 Å². The Kier molecular flexibility index (Phi) is 3.07. The average molecular weight is 224 g/mol. The molecule has 0 radical (unpaired) electrons. The molecule has 0 bridgehead atoms. The number of hydrogen-bond donors (Lipinski definition) is 2. The minimum absolute atomic E-state index is 0.0236. The summed E-state index contributed by atoms with van der Waals surface area (Å²) in [6.45, 7) is 2.55. The SMILES string of the molecule is Cc1ccc(C(=O)NC(CN)C2CC2)s1. The Morgan fingerprint density at radius 3 is 2.87 bits per heavy atom. The van der Waals surface area contributed by atoms with E-state index in [1.54, 1.807) is 0 Å². The van der Waals surface area contributed by atoms with E-state index in [4.69, 9.17) is 5.73 Å². The molecule has 0 aliphatic heterocycles. The number of carbonyl (C=O) groups excluding carboxylic acids is 1. The van der Waals surface area contributed by atoms with Crippen LogP contribution in [0.25, 0.3) is 0 Å². The van der Waals surface area contributed by atoms with E-state index in [-0.39, 0.29) is 11.9 Å². The lowest BCUT2D eigenvalue weighted by Gasteiger charge is -2.14. The van der Waals surface area contributed by atoms with Crippen LogP contribution in [-0.4, -0.2) is 18.5 Å². The average Bonchev–Trinajstić information content (AvgIpc) is 2.97. The molecular formula is C11H16N2OS. The lowest BCUT2D eigenvalue weighted by atomic mass is 10.2. The van der Waals surface area contributed by atoms with Gasteiger partial charge in [-0.2, -0.15) is 0 Å². The fourth-order valence-corrected chi connectivity index (χ4v) is 2.43. The number of carbonyl (C=O) groups is 1. The zero-order chi connectivity index (χ0) is 10.8. The van der Waals surface area contributed by atoms with E-state index in [9.17, 15) is 4.79 Å². The molecule has 2 rings (SSSR count). The molecule has 1 saturated carbocycles. The van der Waals surface area contributed by atoms with Gasteiger partial charge >= 0.3 is 0 Å². The first kappa shape index (κ1) is 10.6. The smallest absolute Gasteiger partial charge is 0.261 e. The maximum atomic E-state index is 11.8. The van der Waals surface area contributed by atoms with Gasteiger partial charge in [0.1, 0.15) is 0 Å². The fraction of sp³-hybridized carbons (Fsp3) is 0.545. The number of rotatable bonds is 4. The monoisotopic (exact) mass is 224 g/mol. The molecule has 1 aliphatic carbocycles. The Labute approximate surface area is 93.7 Å². The van der Waals surface area contributed by atoms with Crippen molar-refractivity contribution < 1.29 is 4.79 Å². The standard InChI is InChI=1S/C11H16N2OS/c1-7-2-5-10(15-7)11(14)13-9(6-12)8-3-4-8/h2,5,8-9H,3-4,6,12H2,1H3,(H,13,14). The van der Waals surface area contributed by atoms with Crippen LogP contribution in [0.5, 0.6) is 0 Å². The number of nitrogens with one attached hydrogen (secondary N) is 1. The fourth-order valence-electron chi connectivity index (χ4n) is 1.66. The molecule has 3 N–H and O–H groups in total. The second-order valence-corrected chi connectivity index (χ2v) is 5.35. The molecule has 0 saturated heterocycles. The molecule has 0 aromatic carbocycles. The van der Waals surface area contributed by atoms with E-state index < -0.39 is 0 Å². The van der Waals surface area contributed by atoms with Crippen molar-refractivity contribution in [1.29, 1.82) is 0 Å². The topological polar surface area (TPSA) is 55.1 Å². The van der Waals surface area contributed by atoms with Crippen LogP contribution in [0.2, 0.25) is 0 Å². The molecule has 1 amide bonds. The molecular weight excluding hydrogens is 208 g/mol. The minimum Gasteiger partial charge on any atom is -0.347 e. The third kappa shape index (κ3) is 2.58. The van der Waals surface area contributed by atoms with E-state index in [2.05, 4.69) is 5.32 Å². The van der Waals surface area contributed by atoms with E-state index >= 15 is 0 Å². The highest BCUT2D eigenvalue weighted by atomic mass is 32.1. The molecule has 82 valence electrons. The van der Waals surface area contributed by atoms with Gasteiger partial charge in [0.05, 0.1) is 4.88 Å². The first-order chi connectivity index (χ1) is 7.20. The van der Waals surface area contributed by atoms with Crippen LogP contribution in [0.15, 0.2) is 12.1 Å². The third-order valence-corrected chi connectivity index (χ3v) is 3.73. The zero-order valence-electron chi connectivity index (χ0n) is 8.82.